The third kappa shape index (κ3) is 3.98. The molecule has 0 saturated carbocycles. The van der Waals surface area contributed by atoms with Gasteiger partial charge in [-0.05, 0) is 17.5 Å². The summed E-state index contributed by atoms with van der Waals surface area (Å²) in [5.41, 5.74) is -1.92. The second-order valence-electron chi connectivity index (χ2n) is 5.53. The highest BCUT2D eigenvalue weighted by atomic mass is 19.1. The fourth-order valence-electron chi connectivity index (χ4n) is 1.71. The van der Waals surface area contributed by atoms with Crippen LogP contribution >= 0.6 is 0 Å². The number of carboxylic acids is 1. The van der Waals surface area contributed by atoms with Crippen LogP contribution in [0.1, 0.15) is 31.1 Å². The Morgan fingerprint density at radius 1 is 1.38 bits per heavy atom. The van der Waals surface area contributed by atoms with Gasteiger partial charge in [0.25, 0.3) is 11.6 Å². The Bertz CT molecular complexity index is 595. The molecule has 114 valence electrons. The fourth-order valence-corrected chi connectivity index (χ4v) is 1.71. The highest BCUT2D eigenvalue weighted by Crippen LogP contribution is 2.23. The fraction of sp³-hybridized carbons (Fsp3) is 0.385. The molecule has 0 aliphatic rings. The number of nitro groups is 1. The number of benzene rings is 1. The third-order valence-electron chi connectivity index (χ3n) is 2.79. The van der Waals surface area contributed by atoms with Gasteiger partial charge in [0, 0.05) is 6.07 Å². The molecule has 7 nitrogen and oxygen atoms in total. The van der Waals surface area contributed by atoms with E-state index >= 15 is 0 Å². The summed E-state index contributed by atoms with van der Waals surface area (Å²) in [6.07, 6.45) is 0. The van der Waals surface area contributed by atoms with Crippen molar-refractivity contribution < 1.29 is 24.0 Å². The molecular formula is C13H15FN2O5. The number of nitrogens with zero attached hydrogens (tertiary/aromatic N) is 1. The number of nitro benzene ring substituents is 1. The number of hydrogen-bond donors (Lipinski definition) is 2. The molecule has 0 bridgehead atoms. The predicted octanol–water partition coefficient (Wildman–Crippen LogP) is 1.96. The maximum absolute atomic E-state index is 13.2. The van der Waals surface area contributed by atoms with Gasteiger partial charge < -0.3 is 10.4 Å². The lowest BCUT2D eigenvalue weighted by Crippen LogP contribution is -2.49. The largest absolute Gasteiger partial charge is 0.480 e. The van der Waals surface area contributed by atoms with E-state index in [0.29, 0.717) is 6.07 Å². The van der Waals surface area contributed by atoms with Crippen LogP contribution in [0.4, 0.5) is 10.1 Å². The lowest BCUT2D eigenvalue weighted by molar-refractivity contribution is -0.385. The van der Waals surface area contributed by atoms with E-state index in [1.165, 1.54) is 0 Å². The van der Waals surface area contributed by atoms with Crippen LogP contribution in [0, 0.1) is 21.3 Å². The van der Waals surface area contributed by atoms with Crippen molar-refractivity contribution in [2.75, 3.05) is 0 Å². The maximum atomic E-state index is 13.2. The van der Waals surface area contributed by atoms with Crippen LogP contribution in [0.3, 0.4) is 0 Å². The summed E-state index contributed by atoms with van der Waals surface area (Å²) in [5, 5.41) is 22.1. The van der Waals surface area contributed by atoms with Crippen LogP contribution < -0.4 is 5.32 Å². The molecule has 0 saturated heterocycles. The number of aliphatic carboxylic acids is 1. The Morgan fingerprint density at radius 2 is 1.95 bits per heavy atom. The molecule has 0 aliphatic carbocycles. The van der Waals surface area contributed by atoms with E-state index in [0.717, 1.165) is 12.1 Å². The van der Waals surface area contributed by atoms with Crippen LogP contribution in [-0.2, 0) is 4.79 Å². The Hall–Kier alpha value is -2.51. The van der Waals surface area contributed by atoms with Crippen LogP contribution in [0.2, 0.25) is 0 Å². The van der Waals surface area contributed by atoms with Crippen molar-refractivity contribution in [2.24, 2.45) is 5.41 Å². The first-order valence-electron chi connectivity index (χ1n) is 6.01. The van der Waals surface area contributed by atoms with E-state index in [1.54, 1.807) is 20.8 Å². The van der Waals surface area contributed by atoms with Gasteiger partial charge in [0.2, 0.25) is 0 Å². The quantitative estimate of drug-likeness (QED) is 0.652. The van der Waals surface area contributed by atoms with E-state index in [1.807, 2.05) is 0 Å². The molecule has 1 aromatic carbocycles. The number of carbonyl (C=O) groups excluding carboxylic acids is 1. The molecule has 2 N–H and O–H groups in total. The number of carbonyl (C=O) groups is 2. The molecule has 1 atom stereocenters. The summed E-state index contributed by atoms with van der Waals surface area (Å²) in [6.45, 7) is 4.77. The van der Waals surface area contributed by atoms with Crippen molar-refractivity contribution in [1.29, 1.82) is 0 Å². The SMILES string of the molecule is CC(C)(C)[C@H](NC(=O)c1cc(F)ccc1[N+](=O)[O-])C(=O)O. The Morgan fingerprint density at radius 3 is 2.38 bits per heavy atom. The first-order valence-corrected chi connectivity index (χ1v) is 6.01. The molecular weight excluding hydrogens is 283 g/mol. The average molecular weight is 298 g/mol. The third-order valence-corrected chi connectivity index (χ3v) is 2.79. The van der Waals surface area contributed by atoms with Crippen molar-refractivity contribution in [1.82, 2.24) is 5.32 Å². The highest BCUT2D eigenvalue weighted by Gasteiger charge is 2.34. The standard InChI is InChI=1S/C13H15FN2O5/c1-13(2,3)10(12(18)19)15-11(17)8-6-7(14)4-5-9(8)16(20)21/h4-6,10H,1-3H3,(H,15,17)(H,18,19)/t10-/m1/s1. The number of halogens is 1. The molecule has 0 spiro atoms. The van der Waals surface area contributed by atoms with E-state index in [9.17, 15) is 24.1 Å². The average Bonchev–Trinajstić information content (AvgIpc) is 2.33. The van der Waals surface area contributed by atoms with Crippen molar-refractivity contribution in [3.05, 3.63) is 39.7 Å². The molecule has 1 aromatic rings. The lowest BCUT2D eigenvalue weighted by atomic mass is 9.86. The first-order chi connectivity index (χ1) is 9.54. The van der Waals surface area contributed by atoms with Gasteiger partial charge >= 0.3 is 5.97 Å². The number of carboxylic acid groups (broad SMARTS) is 1. The molecule has 21 heavy (non-hydrogen) atoms. The van der Waals surface area contributed by atoms with Crippen LogP contribution in [0.5, 0.6) is 0 Å². The van der Waals surface area contributed by atoms with Gasteiger partial charge in [0.1, 0.15) is 17.4 Å². The Balaban J connectivity index is 3.17. The second-order valence-corrected chi connectivity index (χ2v) is 5.53. The zero-order chi connectivity index (χ0) is 16.4. The lowest BCUT2D eigenvalue weighted by Gasteiger charge is -2.27. The number of rotatable bonds is 4. The van der Waals surface area contributed by atoms with Crippen molar-refractivity contribution in [3.63, 3.8) is 0 Å². The van der Waals surface area contributed by atoms with E-state index in [4.69, 9.17) is 5.11 Å². The summed E-state index contributed by atoms with van der Waals surface area (Å²) in [7, 11) is 0. The van der Waals surface area contributed by atoms with Crippen LogP contribution in [0.15, 0.2) is 18.2 Å². The molecule has 0 radical (unpaired) electrons. The van der Waals surface area contributed by atoms with Gasteiger partial charge in [-0.3, -0.25) is 14.9 Å². The second kappa shape index (κ2) is 5.86. The molecule has 0 unspecified atom stereocenters. The summed E-state index contributed by atoms with van der Waals surface area (Å²) in [6, 6.07) is 1.15. The molecule has 0 fully saturated rings. The van der Waals surface area contributed by atoms with E-state index < -0.39 is 45.3 Å². The summed E-state index contributed by atoms with van der Waals surface area (Å²) in [4.78, 5) is 33.2. The highest BCUT2D eigenvalue weighted by molar-refractivity contribution is 6.00. The maximum Gasteiger partial charge on any atom is 0.326 e. The molecule has 1 amide bonds. The van der Waals surface area contributed by atoms with E-state index in [-0.39, 0.29) is 0 Å². The van der Waals surface area contributed by atoms with Gasteiger partial charge in [-0.15, -0.1) is 0 Å². The van der Waals surface area contributed by atoms with Crippen molar-refractivity contribution in [3.8, 4) is 0 Å². The van der Waals surface area contributed by atoms with Crippen molar-refractivity contribution >= 4 is 17.6 Å². The smallest absolute Gasteiger partial charge is 0.326 e. The van der Waals surface area contributed by atoms with Gasteiger partial charge in [-0.1, -0.05) is 20.8 Å². The topological polar surface area (TPSA) is 110 Å². The van der Waals surface area contributed by atoms with Gasteiger partial charge in [0.15, 0.2) is 0 Å². The minimum Gasteiger partial charge on any atom is -0.480 e. The monoisotopic (exact) mass is 298 g/mol. The molecule has 0 heterocycles. The first kappa shape index (κ1) is 16.5. The molecule has 0 aliphatic heterocycles. The predicted molar refractivity (Wildman–Crippen MR) is 71.4 cm³/mol. The van der Waals surface area contributed by atoms with Crippen molar-refractivity contribution in [2.45, 2.75) is 26.8 Å². The Labute approximate surface area is 119 Å². The van der Waals surface area contributed by atoms with Gasteiger partial charge in [-0.2, -0.15) is 0 Å². The minimum atomic E-state index is -1.28. The van der Waals surface area contributed by atoms with E-state index in [2.05, 4.69) is 5.32 Å². The molecule has 0 aromatic heterocycles. The summed E-state index contributed by atoms with van der Waals surface area (Å²) < 4.78 is 13.2. The van der Waals surface area contributed by atoms with Gasteiger partial charge in [0.05, 0.1) is 4.92 Å². The Kier molecular flexibility index (Phi) is 4.62. The van der Waals surface area contributed by atoms with Crippen LogP contribution in [0.25, 0.3) is 0 Å². The zero-order valence-electron chi connectivity index (χ0n) is 11.7. The zero-order valence-corrected chi connectivity index (χ0v) is 11.7. The number of amides is 1. The van der Waals surface area contributed by atoms with Crippen LogP contribution in [-0.4, -0.2) is 27.9 Å². The van der Waals surface area contributed by atoms with Gasteiger partial charge in [-0.25, -0.2) is 9.18 Å². The minimum absolute atomic E-state index is 0.518. The number of nitrogens with one attached hydrogen (secondary N) is 1. The molecule has 8 heteroatoms. The molecule has 1 rings (SSSR count). The summed E-state index contributed by atoms with van der Waals surface area (Å²) in [5.74, 6) is -3.12. The normalized spacial score (nSPS) is 12.6. The number of hydrogen-bond acceptors (Lipinski definition) is 4. The summed E-state index contributed by atoms with van der Waals surface area (Å²) >= 11 is 0.